The number of unbranched alkanes of at least 4 members (excludes halogenated alkanes) is 1. The second-order valence-corrected chi connectivity index (χ2v) is 9.56. The van der Waals surface area contributed by atoms with Gasteiger partial charge in [0, 0.05) is 12.2 Å². The summed E-state index contributed by atoms with van der Waals surface area (Å²) in [7, 11) is 0. The van der Waals surface area contributed by atoms with Gasteiger partial charge in [-0.1, -0.05) is 69.7 Å². The van der Waals surface area contributed by atoms with Gasteiger partial charge in [0.1, 0.15) is 6.54 Å². The number of fused-ring (bicyclic) bond motifs is 1. The molecular weight excluding hydrogens is 454 g/mol. The molecule has 4 rings (SSSR count). The predicted molar refractivity (Wildman–Crippen MR) is 142 cm³/mol. The molecule has 2 heterocycles. The molecule has 8 nitrogen and oxygen atoms in total. The van der Waals surface area contributed by atoms with Gasteiger partial charge in [-0.2, -0.15) is 0 Å². The maximum atomic E-state index is 13.5. The normalized spacial score (nSPS) is 11.3. The number of rotatable bonds is 10. The molecule has 188 valence electrons. The Morgan fingerprint density at radius 2 is 1.69 bits per heavy atom. The van der Waals surface area contributed by atoms with Crippen molar-refractivity contribution in [3.05, 3.63) is 92.9 Å². The molecule has 0 fully saturated rings. The number of carbonyl (C=O) groups excluding carboxylic acids is 1. The molecule has 2 aromatic heterocycles. The van der Waals surface area contributed by atoms with E-state index in [0.29, 0.717) is 23.4 Å². The van der Waals surface area contributed by atoms with Gasteiger partial charge in [0.15, 0.2) is 11.2 Å². The summed E-state index contributed by atoms with van der Waals surface area (Å²) in [5, 5.41) is 2.82. The number of carbonyl (C=O) groups is 1. The Bertz CT molecular complexity index is 1450. The smallest absolute Gasteiger partial charge is 0.325 e. The quantitative estimate of drug-likeness (QED) is 0.365. The summed E-state index contributed by atoms with van der Waals surface area (Å²) in [6, 6.07) is 17.2. The summed E-state index contributed by atoms with van der Waals surface area (Å²) in [6.45, 7) is 6.68. The lowest BCUT2D eigenvalue weighted by Crippen LogP contribution is -2.43. The number of anilines is 1. The van der Waals surface area contributed by atoms with E-state index in [1.165, 1.54) is 10.1 Å². The number of nitrogens with one attached hydrogen (secondary N) is 1. The summed E-state index contributed by atoms with van der Waals surface area (Å²) in [5.41, 5.74) is 2.32. The van der Waals surface area contributed by atoms with Gasteiger partial charge in [0.2, 0.25) is 5.91 Å². The van der Waals surface area contributed by atoms with Crippen molar-refractivity contribution in [1.82, 2.24) is 18.7 Å². The van der Waals surface area contributed by atoms with Gasteiger partial charge in [-0.3, -0.25) is 14.2 Å². The van der Waals surface area contributed by atoms with Gasteiger partial charge in [-0.05, 0) is 42.0 Å². The minimum atomic E-state index is -0.559. The average molecular weight is 488 g/mol. The third-order valence-corrected chi connectivity index (χ3v) is 6.09. The topological polar surface area (TPSA) is 90.9 Å². The van der Waals surface area contributed by atoms with E-state index in [2.05, 4.69) is 17.2 Å². The first-order chi connectivity index (χ1) is 17.4. The van der Waals surface area contributed by atoms with Gasteiger partial charge in [0.25, 0.3) is 5.56 Å². The number of benzene rings is 2. The van der Waals surface area contributed by atoms with E-state index in [0.717, 1.165) is 29.4 Å². The molecule has 0 radical (unpaired) electrons. The fourth-order valence-corrected chi connectivity index (χ4v) is 4.30. The van der Waals surface area contributed by atoms with Crippen LogP contribution >= 0.6 is 0 Å². The Kier molecular flexibility index (Phi) is 7.83. The lowest BCUT2D eigenvalue weighted by Gasteiger charge is -2.14. The number of amides is 1. The van der Waals surface area contributed by atoms with E-state index < -0.39 is 17.2 Å². The van der Waals surface area contributed by atoms with E-state index in [9.17, 15) is 14.4 Å². The fourth-order valence-electron chi connectivity index (χ4n) is 4.30. The molecule has 0 bridgehead atoms. The van der Waals surface area contributed by atoms with Crippen LogP contribution < -0.4 is 16.6 Å². The van der Waals surface area contributed by atoms with E-state index in [-0.39, 0.29) is 19.0 Å². The van der Waals surface area contributed by atoms with Crippen molar-refractivity contribution in [2.24, 2.45) is 5.92 Å². The van der Waals surface area contributed by atoms with Crippen LogP contribution in [0.25, 0.3) is 11.2 Å². The van der Waals surface area contributed by atoms with Crippen LogP contribution in [0.4, 0.5) is 5.69 Å². The third kappa shape index (κ3) is 5.64. The van der Waals surface area contributed by atoms with Crippen molar-refractivity contribution in [1.29, 1.82) is 0 Å². The highest BCUT2D eigenvalue weighted by Crippen LogP contribution is 2.13. The highest BCUT2D eigenvalue weighted by Gasteiger charge is 2.20. The first kappa shape index (κ1) is 25.2. The summed E-state index contributed by atoms with van der Waals surface area (Å²) in [5.74, 6) is -0.163. The largest absolute Gasteiger partial charge is 0.333 e. The van der Waals surface area contributed by atoms with E-state index in [1.54, 1.807) is 10.9 Å². The molecule has 0 aliphatic carbocycles. The Balaban J connectivity index is 1.68. The molecule has 0 saturated carbocycles. The second-order valence-electron chi connectivity index (χ2n) is 9.56. The molecule has 0 aliphatic heterocycles. The molecule has 1 amide bonds. The van der Waals surface area contributed by atoms with Gasteiger partial charge in [0.05, 0.1) is 12.9 Å². The van der Waals surface area contributed by atoms with Gasteiger partial charge >= 0.3 is 5.69 Å². The molecule has 1 N–H and O–H groups in total. The summed E-state index contributed by atoms with van der Waals surface area (Å²) < 4.78 is 4.25. The Labute approximate surface area is 210 Å². The Hall–Kier alpha value is -3.94. The molecule has 2 aromatic carbocycles. The van der Waals surface area contributed by atoms with Crippen molar-refractivity contribution in [2.45, 2.75) is 59.7 Å². The zero-order chi connectivity index (χ0) is 25.7. The van der Waals surface area contributed by atoms with Gasteiger partial charge < -0.3 is 9.88 Å². The maximum Gasteiger partial charge on any atom is 0.333 e. The van der Waals surface area contributed by atoms with E-state index in [4.69, 9.17) is 0 Å². The predicted octanol–water partition coefficient (Wildman–Crippen LogP) is 4.05. The van der Waals surface area contributed by atoms with Crippen LogP contribution in [0.15, 0.2) is 70.5 Å². The van der Waals surface area contributed by atoms with Crippen molar-refractivity contribution in [3.8, 4) is 0 Å². The monoisotopic (exact) mass is 487 g/mol. The molecule has 0 unspecified atom stereocenters. The zero-order valence-electron chi connectivity index (χ0n) is 21.1. The average Bonchev–Trinajstić information content (AvgIpc) is 3.27. The highest BCUT2D eigenvalue weighted by atomic mass is 16.2. The first-order valence-electron chi connectivity index (χ1n) is 12.5. The van der Waals surface area contributed by atoms with Crippen molar-refractivity contribution in [3.63, 3.8) is 0 Å². The first-order valence-corrected chi connectivity index (χ1v) is 12.5. The summed E-state index contributed by atoms with van der Waals surface area (Å²) in [4.78, 5) is 44.3. The zero-order valence-corrected chi connectivity index (χ0v) is 21.1. The summed E-state index contributed by atoms with van der Waals surface area (Å²) >= 11 is 0. The third-order valence-electron chi connectivity index (χ3n) is 6.09. The molecule has 0 aliphatic rings. The fraction of sp³-hybridized carbons (Fsp3) is 0.357. The molecule has 4 aromatic rings. The van der Waals surface area contributed by atoms with Crippen molar-refractivity contribution in [2.75, 3.05) is 5.32 Å². The van der Waals surface area contributed by atoms with Crippen LogP contribution in [0, 0.1) is 5.92 Å². The minimum absolute atomic E-state index is 0.246. The standard InChI is InChI=1S/C28H33N5O3/c1-4-5-9-21-12-14-23(15-13-21)30-24(34)18-33-27(35)25-26(29-19-31(25)16-20(2)3)32(28(33)36)17-22-10-7-6-8-11-22/h6-8,10-15,19-20H,4-5,9,16-18H2,1-3H3,(H,30,34). The summed E-state index contributed by atoms with van der Waals surface area (Å²) in [6.07, 6.45) is 4.82. The lowest BCUT2D eigenvalue weighted by atomic mass is 10.1. The number of aromatic nitrogens is 4. The molecule has 8 heteroatoms. The molecule has 36 heavy (non-hydrogen) atoms. The minimum Gasteiger partial charge on any atom is -0.325 e. The van der Waals surface area contributed by atoms with E-state index in [1.807, 2.05) is 68.4 Å². The highest BCUT2D eigenvalue weighted by molar-refractivity contribution is 5.90. The number of hydrogen-bond donors (Lipinski definition) is 1. The lowest BCUT2D eigenvalue weighted by molar-refractivity contribution is -0.116. The second kappa shape index (κ2) is 11.2. The molecular formula is C28H33N5O3. The SMILES string of the molecule is CCCCc1ccc(NC(=O)Cn2c(=O)c3c(ncn3CC(C)C)n(Cc3ccccc3)c2=O)cc1. The Morgan fingerprint density at radius 3 is 2.36 bits per heavy atom. The van der Waals surface area contributed by atoms with Crippen LogP contribution in [0.5, 0.6) is 0 Å². The Morgan fingerprint density at radius 1 is 0.972 bits per heavy atom. The van der Waals surface area contributed by atoms with Crippen LogP contribution in [0.1, 0.15) is 44.7 Å². The molecule has 0 spiro atoms. The van der Waals surface area contributed by atoms with Gasteiger partial charge in [-0.25, -0.2) is 14.3 Å². The van der Waals surface area contributed by atoms with Crippen molar-refractivity contribution < 1.29 is 4.79 Å². The van der Waals surface area contributed by atoms with E-state index >= 15 is 0 Å². The molecule has 0 saturated heterocycles. The number of imidazole rings is 1. The maximum absolute atomic E-state index is 13.5. The van der Waals surface area contributed by atoms with Gasteiger partial charge in [-0.15, -0.1) is 0 Å². The number of aryl methyl sites for hydroxylation is 1. The van der Waals surface area contributed by atoms with Crippen molar-refractivity contribution >= 4 is 22.8 Å². The number of hydrogen-bond acceptors (Lipinski definition) is 4. The van der Waals surface area contributed by atoms with Crippen LogP contribution in [0.3, 0.4) is 0 Å². The van der Waals surface area contributed by atoms with Crippen LogP contribution in [-0.4, -0.2) is 24.6 Å². The van der Waals surface area contributed by atoms with Crippen LogP contribution in [-0.2, 0) is 30.8 Å². The molecule has 0 atom stereocenters. The number of nitrogens with zero attached hydrogens (tertiary/aromatic N) is 4. The van der Waals surface area contributed by atoms with Crippen LogP contribution in [0.2, 0.25) is 0 Å².